The maximum atomic E-state index is 14.0. The van der Waals surface area contributed by atoms with Crippen LogP contribution in [0, 0.1) is 25.6 Å². The van der Waals surface area contributed by atoms with E-state index in [1.807, 2.05) is 31.2 Å². The monoisotopic (exact) mass is 396 g/mol. The van der Waals surface area contributed by atoms with E-state index >= 15 is 0 Å². The summed E-state index contributed by atoms with van der Waals surface area (Å²) in [6, 6.07) is 11.5. The number of hydrogen-bond acceptors (Lipinski definition) is 2. The predicted octanol–water partition coefficient (Wildman–Crippen LogP) is 7.23. The Morgan fingerprint density at radius 3 is 2.52 bits per heavy atom. The fourth-order valence-electron chi connectivity index (χ4n) is 4.47. The molecule has 1 fully saturated rings. The number of unbranched alkanes of at least 4 members (excludes halogenated alkanes) is 1. The molecule has 2 aromatic carbocycles. The van der Waals surface area contributed by atoms with Crippen LogP contribution in [0.15, 0.2) is 48.0 Å². The zero-order chi connectivity index (χ0) is 20.8. The third kappa shape index (κ3) is 5.27. The molecule has 2 aromatic rings. The van der Waals surface area contributed by atoms with Crippen molar-refractivity contribution >= 4 is 0 Å². The highest BCUT2D eigenvalue weighted by atomic mass is 19.1. The Kier molecular flexibility index (Phi) is 7.49. The van der Waals surface area contributed by atoms with Crippen LogP contribution in [0.2, 0.25) is 0 Å². The second-order valence-corrected chi connectivity index (χ2v) is 8.23. The summed E-state index contributed by atoms with van der Waals surface area (Å²) in [5.41, 5.74) is 4.21. The van der Waals surface area contributed by atoms with Gasteiger partial charge in [-0.25, -0.2) is 4.39 Å². The molecule has 0 amide bonds. The van der Waals surface area contributed by atoms with E-state index in [-0.39, 0.29) is 12.4 Å². The molecular formula is C26H33FO2. The summed E-state index contributed by atoms with van der Waals surface area (Å²) in [5.74, 6) is 1.94. The van der Waals surface area contributed by atoms with Gasteiger partial charge in [-0.15, -0.1) is 0 Å². The lowest BCUT2D eigenvalue weighted by Crippen LogP contribution is -2.19. The molecule has 0 aromatic heterocycles. The van der Waals surface area contributed by atoms with Crippen LogP contribution in [0.1, 0.15) is 68.1 Å². The van der Waals surface area contributed by atoms with Crippen molar-refractivity contribution in [1.82, 2.24) is 0 Å². The number of hydrogen-bond donors (Lipinski definition) is 1. The first-order chi connectivity index (χ1) is 14.0. The number of rotatable bonds is 7. The molecule has 29 heavy (non-hydrogen) atoms. The first kappa shape index (κ1) is 21.6. The predicted molar refractivity (Wildman–Crippen MR) is 117 cm³/mol. The average molecular weight is 397 g/mol. The van der Waals surface area contributed by atoms with Gasteiger partial charge < -0.3 is 9.84 Å². The van der Waals surface area contributed by atoms with E-state index in [2.05, 4.69) is 19.1 Å². The van der Waals surface area contributed by atoms with Gasteiger partial charge in [0.1, 0.15) is 17.3 Å². The lowest BCUT2D eigenvalue weighted by Gasteiger charge is -2.33. The largest absolute Gasteiger partial charge is 0.457 e. The van der Waals surface area contributed by atoms with Gasteiger partial charge in [-0.1, -0.05) is 50.0 Å². The molecule has 0 spiro atoms. The smallest absolute Gasteiger partial charge is 0.130 e. The Morgan fingerprint density at radius 1 is 1.10 bits per heavy atom. The van der Waals surface area contributed by atoms with Crippen molar-refractivity contribution in [3.63, 3.8) is 0 Å². The quantitative estimate of drug-likeness (QED) is 0.500. The molecule has 0 radical (unpaired) electrons. The van der Waals surface area contributed by atoms with Crippen LogP contribution in [0.5, 0.6) is 11.5 Å². The fourth-order valence-corrected chi connectivity index (χ4v) is 4.47. The first-order valence-corrected chi connectivity index (χ1v) is 10.9. The summed E-state index contributed by atoms with van der Waals surface area (Å²) in [5, 5.41) is 9.57. The van der Waals surface area contributed by atoms with Gasteiger partial charge in [0.25, 0.3) is 0 Å². The highest BCUT2D eigenvalue weighted by molar-refractivity contribution is 5.40. The summed E-state index contributed by atoms with van der Waals surface area (Å²) in [6.07, 6.45) is 9.25. The number of aliphatic hydroxyl groups is 1. The summed E-state index contributed by atoms with van der Waals surface area (Å²) in [6.45, 7) is 6.00. The zero-order valence-electron chi connectivity index (χ0n) is 17.9. The zero-order valence-corrected chi connectivity index (χ0v) is 17.9. The van der Waals surface area contributed by atoms with E-state index in [0.717, 1.165) is 12.0 Å². The average Bonchev–Trinajstić information content (AvgIpc) is 2.72. The number of allylic oxidation sites excluding steroid dienone is 1. The van der Waals surface area contributed by atoms with E-state index < -0.39 is 0 Å². The summed E-state index contributed by atoms with van der Waals surface area (Å²) < 4.78 is 19.9. The minimum absolute atomic E-state index is 0.105. The van der Waals surface area contributed by atoms with Gasteiger partial charge in [0.2, 0.25) is 0 Å². The molecule has 1 saturated carbocycles. The van der Waals surface area contributed by atoms with Crippen molar-refractivity contribution in [3.8, 4) is 11.5 Å². The van der Waals surface area contributed by atoms with Gasteiger partial charge in [0.05, 0.1) is 6.61 Å². The lowest BCUT2D eigenvalue weighted by molar-refractivity contribution is 0.331. The van der Waals surface area contributed by atoms with Crippen LogP contribution < -0.4 is 4.74 Å². The molecule has 2 atom stereocenters. The number of ether oxygens (including phenoxy) is 1. The van der Waals surface area contributed by atoms with Crippen molar-refractivity contribution < 1.29 is 14.2 Å². The molecule has 0 saturated heterocycles. The molecule has 156 valence electrons. The normalized spacial score (nSPS) is 20.8. The highest BCUT2D eigenvalue weighted by Gasteiger charge is 2.28. The Labute approximate surface area is 174 Å². The number of aliphatic hydroxyl groups excluding tert-OH is 1. The highest BCUT2D eigenvalue weighted by Crippen LogP contribution is 2.43. The van der Waals surface area contributed by atoms with Crippen LogP contribution in [-0.2, 0) is 0 Å². The number of benzene rings is 2. The Bertz CT molecular complexity index is 815. The molecule has 2 nitrogen and oxygen atoms in total. The standard InChI is InChI=1S/C26H33FO2/c1-4-5-7-20-8-6-9-24(25(20)14-15-28)21-10-12-22(13-11-21)29-23-16-18(2)19(3)26(27)17-23/h10-14,16-17,20,24,28H,4-9,15H2,1-3H3. The molecule has 3 rings (SSSR count). The molecule has 0 bridgehead atoms. The van der Waals surface area contributed by atoms with Gasteiger partial charge in [-0.3, -0.25) is 0 Å². The third-order valence-electron chi connectivity index (χ3n) is 6.25. The number of aryl methyl sites for hydroxylation is 1. The van der Waals surface area contributed by atoms with Gasteiger partial charge in [-0.2, -0.15) is 0 Å². The van der Waals surface area contributed by atoms with Gasteiger partial charge in [0, 0.05) is 12.0 Å². The van der Waals surface area contributed by atoms with Crippen molar-refractivity contribution in [2.75, 3.05) is 6.61 Å². The van der Waals surface area contributed by atoms with E-state index in [9.17, 15) is 9.50 Å². The van der Waals surface area contributed by atoms with Crippen LogP contribution in [0.25, 0.3) is 0 Å². The van der Waals surface area contributed by atoms with Gasteiger partial charge >= 0.3 is 0 Å². The van der Waals surface area contributed by atoms with Gasteiger partial charge in [0.15, 0.2) is 0 Å². The van der Waals surface area contributed by atoms with Crippen molar-refractivity contribution in [1.29, 1.82) is 0 Å². The first-order valence-electron chi connectivity index (χ1n) is 10.9. The Morgan fingerprint density at radius 2 is 1.86 bits per heavy atom. The lowest BCUT2D eigenvalue weighted by atomic mass is 9.72. The SMILES string of the molecule is CCCCC1CCCC(c2ccc(Oc3cc(C)c(C)c(F)c3)cc2)C1=CCO. The minimum Gasteiger partial charge on any atom is -0.457 e. The van der Waals surface area contributed by atoms with E-state index in [1.54, 1.807) is 6.92 Å². The Hall–Kier alpha value is -2.13. The molecule has 2 unspecified atom stereocenters. The fraction of sp³-hybridized carbons (Fsp3) is 0.462. The second kappa shape index (κ2) is 10.1. The third-order valence-corrected chi connectivity index (χ3v) is 6.25. The van der Waals surface area contributed by atoms with Crippen LogP contribution in [-0.4, -0.2) is 11.7 Å². The van der Waals surface area contributed by atoms with Crippen LogP contribution in [0.3, 0.4) is 0 Å². The second-order valence-electron chi connectivity index (χ2n) is 8.23. The summed E-state index contributed by atoms with van der Waals surface area (Å²) >= 11 is 0. The summed E-state index contributed by atoms with van der Waals surface area (Å²) in [4.78, 5) is 0. The maximum absolute atomic E-state index is 14.0. The number of halogens is 1. The maximum Gasteiger partial charge on any atom is 0.130 e. The Balaban J connectivity index is 1.77. The molecule has 1 aliphatic carbocycles. The summed E-state index contributed by atoms with van der Waals surface area (Å²) in [7, 11) is 0. The minimum atomic E-state index is -0.240. The molecule has 0 aliphatic heterocycles. The van der Waals surface area contributed by atoms with Crippen molar-refractivity contribution in [2.24, 2.45) is 5.92 Å². The molecule has 1 N–H and O–H groups in total. The molecule has 0 heterocycles. The van der Waals surface area contributed by atoms with Gasteiger partial charge in [-0.05, 0) is 73.9 Å². The molecule has 3 heteroatoms. The van der Waals surface area contributed by atoms with E-state index in [0.29, 0.717) is 28.9 Å². The van der Waals surface area contributed by atoms with Crippen molar-refractivity contribution in [3.05, 3.63) is 70.6 Å². The topological polar surface area (TPSA) is 29.5 Å². The molecular weight excluding hydrogens is 363 g/mol. The van der Waals surface area contributed by atoms with Crippen LogP contribution in [0.4, 0.5) is 4.39 Å². The van der Waals surface area contributed by atoms with Crippen molar-refractivity contribution in [2.45, 2.75) is 65.2 Å². The molecule has 1 aliphatic rings. The van der Waals surface area contributed by atoms with Crippen LogP contribution >= 0.6 is 0 Å². The van der Waals surface area contributed by atoms with E-state index in [4.69, 9.17) is 4.74 Å². The van der Waals surface area contributed by atoms with E-state index in [1.165, 1.54) is 49.3 Å².